The summed E-state index contributed by atoms with van der Waals surface area (Å²) < 4.78 is 112. The van der Waals surface area contributed by atoms with E-state index in [2.05, 4.69) is 57.4 Å². The van der Waals surface area contributed by atoms with Gasteiger partial charge in [0.25, 0.3) is 30.1 Å². The Morgan fingerprint density at radius 3 is 1.31 bits per heavy atom. The van der Waals surface area contributed by atoms with Crippen LogP contribution in [0.4, 0.5) is 19.8 Å². The summed E-state index contributed by atoms with van der Waals surface area (Å²) in [6.45, 7) is 12.5. The Morgan fingerprint density at radius 1 is 0.512 bits per heavy atom. The van der Waals surface area contributed by atoms with Crippen molar-refractivity contribution in [2.24, 2.45) is 0 Å². The molecule has 1 fully saturated rings. The van der Waals surface area contributed by atoms with Crippen molar-refractivity contribution in [2.45, 2.75) is 76.5 Å². The number of carbonyl (C=O) groups is 3. The van der Waals surface area contributed by atoms with E-state index >= 15 is 0 Å². The lowest BCUT2D eigenvalue weighted by molar-refractivity contribution is -0.115. The molecule has 3 amide bonds. The molecule has 1 aliphatic rings. The summed E-state index contributed by atoms with van der Waals surface area (Å²) in [7, 11) is -11.4. The minimum Gasteiger partial charge on any atom is -0.442 e. The van der Waals surface area contributed by atoms with E-state index in [0.717, 1.165) is 12.1 Å². The molecule has 10 rings (SSSR count). The first-order valence-electron chi connectivity index (χ1n) is 25.5. The van der Waals surface area contributed by atoms with Crippen LogP contribution in [0.5, 0.6) is 0 Å². The molecule has 1 aliphatic heterocycles. The van der Waals surface area contributed by atoms with Crippen molar-refractivity contribution in [1.29, 1.82) is 0 Å². The number of furan rings is 3. The Morgan fingerprint density at radius 2 is 0.893 bits per heavy atom. The van der Waals surface area contributed by atoms with Crippen LogP contribution in [0.25, 0.3) is 31.9 Å². The van der Waals surface area contributed by atoms with Gasteiger partial charge < -0.3 is 29.2 Å². The molecule has 3 aromatic carbocycles. The van der Waals surface area contributed by atoms with Gasteiger partial charge in [0.2, 0.25) is 33.0 Å². The molecule has 22 nitrogen and oxygen atoms in total. The highest BCUT2D eigenvalue weighted by Gasteiger charge is 2.32. The summed E-state index contributed by atoms with van der Waals surface area (Å²) in [5, 5.41) is 8.62. The van der Waals surface area contributed by atoms with Crippen LogP contribution >= 0.6 is 34.0 Å². The van der Waals surface area contributed by atoms with Crippen molar-refractivity contribution >= 4 is 97.2 Å². The molecule has 5 N–H and O–H groups in total. The Hall–Kier alpha value is -7.58. The smallest absolute Gasteiger partial charge is 0.276 e. The minimum absolute atomic E-state index is 0. The zero-order valence-corrected chi connectivity index (χ0v) is 50.9. The van der Waals surface area contributed by atoms with Crippen molar-refractivity contribution in [2.75, 3.05) is 42.1 Å². The molecule has 452 valence electrons. The standard InChI is InChI=1S/C21H24N4O4S2.C17H16FN3O4S2.C17H17N3O4S2.5H2/c1-15-20(30-21(22-15)23-16(2)26)18-8-9-19(29-18)31(27,28)25-12-10-24(11-13-25)14-17-6-4-3-5-7-17;1-10-16(26-17(20-10)21-11(2)22)14-6-7-15(25-14)27(23,24)19-9-12-4-3-5-13(18)8-12;1-11-16(25-17(19-11)20-12(2)21)14-8-9-15(24-14)26(22,23)18-10-13-6-4-3-5-7-13;;;;;/h3-9H,10-14H2,1-2H3,(H,22,23,26);3-8,19H,9H2,1-2H3,(H,20,21,22);3-9,18H,10H2,1-2H3,(H,19,20,21);5*1H. The van der Waals surface area contributed by atoms with Crippen LogP contribution in [-0.4, -0.2) is 93.3 Å². The van der Waals surface area contributed by atoms with Gasteiger partial charge in [0, 0.05) is 73.7 Å². The van der Waals surface area contributed by atoms with Crippen LogP contribution in [0.3, 0.4) is 0 Å². The average molecular weight is 1270 g/mol. The van der Waals surface area contributed by atoms with E-state index in [4.69, 9.17) is 13.3 Å². The Kier molecular flexibility index (Phi) is 20.4. The molecule has 9 aromatic rings. The number of thiazole rings is 3. The Bertz CT molecular complexity index is 4140. The monoisotopic (exact) mass is 1270 g/mol. The zero-order valence-electron chi connectivity index (χ0n) is 46.0. The highest BCUT2D eigenvalue weighted by atomic mass is 32.2. The fraction of sp³-hybridized carbons (Fsp3) is 0.236. The van der Waals surface area contributed by atoms with Crippen LogP contribution in [-0.2, 0) is 64.1 Å². The molecule has 29 heteroatoms. The largest absolute Gasteiger partial charge is 0.442 e. The highest BCUT2D eigenvalue weighted by molar-refractivity contribution is 7.89. The molecule has 84 heavy (non-hydrogen) atoms. The molecule has 0 aliphatic carbocycles. The van der Waals surface area contributed by atoms with Gasteiger partial charge in [-0.1, -0.05) is 107 Å². The molecule has 0 saturated carbocycles. The number of aryl methyl sites for hydroxylation is 3. The van der Waals surface area contributed by atoms with Crippen LogP contribution in [0, 0.1) is 26.6 Å². The lowest BCUT2D eigenvalue weighted by atomic mass is 10.2. The molecule has 0 unspecified atom stereocenters. The van der Waals surface area contributed by atoms with Gasteiger partial charge in [-0.05, 0) is 86.0 Å². The Balaban J connectivity index is 0.000000341. The number of benzene rings is 3. The number of amides is 3. The SMILES string of the molecule is CC(=O)Nc1nc(C)c(-c2ccc(S(=O)(=O)N3CCN(Cc4ccccc4)CC3)o2)s1.CC(=O)Nc1nc(C)c(-c2ccc(S(=O)(=O)NCc3cccc(F)c3)o2)s1.CC(=O)Nc1nc(C)c(-c2ccc(S(=O)(=O)NCc3ccccc3)o2)s1.[HH].[HH].[HH].[HH].[HH]. The number of aromatic nitrogens is 3. The number of sulfonamides is 3. The first kappa shape index (κ1) is 62.5. The van der Waals surface area contributed by atoms with E-state index in [-0.39, 0.29) is 53.2 Å². The third-order valence-electron chi connectivity index (χ3n) is 12.0. The van der Waals surface area contributed by atoms with Gasteiger partial charge in [-0.15, -0.1) is 0 Å². The number of piperazine rings is 1. The average Bonchev–Trinajstić information content (AvgIpc) is 2.14. The summed E-state index contributed by atoms with van der Waals surface area (Å²) >= 11 is 3.66. The van der Waals surface area contributed by atoms with Crippen molar-refractivity contribution in [3.05, 3.63) is 161 Å². The number of halogens is 1. The topological polar surface area (TPSA) is 298 Å². The predicted octanol–water partition coefficient (Wildman–Crippen LogP) is 10.8. The number of hydrogen-bond donors (Lipinski definition) is 5. The number of hydrogen-bond acceptors (Lipinski definition) is 19. The van der Waals surface area contributed by atoms with Crippen LogP contribution in [0.2, 0.25) is 0 Å². The van der Waals surface area contributed by atoms with Crippen molar-refractivity contribution in [3.8, 4) is 31.9 Å². The second-order valence-electron chi connectivity index (χ2n) is 18.6. The van der Waals surface area contributed by atoms with E-state index in [1.165, 1.54) is 107 Å². The molecule has 0 radical (unpaired) electrons. The van der Waals surface area contributed by atoms with E-state index in [0.29, 0.717) is 96.1 Å². The number of rotatable bonds is 18. The fourth-order valence-electron chi connectivity index (χ4n) is 8.08. The second-order valence-corrected chi connectivity index (χ2v) is 26.9. The predicted molar refractivity (Wildman–Crippen MR) is 329 cm³/mol. The van der Waals surface area contributed by atoms with Crippen LogP contribution < -0.4 is 25.4 Å². The lowest BCUT2D eigenvalue weighted by Gasteiger charge is -2.33. The third-order valence-corrected chi connectivity index (χ3v) is 19.6. The maximum Gasteiger partial charge on any atom is 0.276 e. The Labute approximate surface area is 503 Å². The van der Waals surface area contributed by atoms with Crippen LogP contribution in [0.1, 0.15) is 61.7 Å². The first-order valence-corrected chi connectivity index (χ1v) is 32.4. The highest BCUT2D eigenvalue weighted by Crippen LogP contribution is 2.38. The van der Waals surface area contributed by atoms with E-state index in [1.54, 1.807) is 39.0 Å². The van der Waals surface area contributed by atoms with Gasteiger partial charge in [0.15, 0.2) is 15.4 Å². The summed E-state index contributed by atoms with van der Waals surface area (Å²) in [4.78, 5) is 50.5. The summed E-state index contributed by atoms with van der Waals surface area (Å²) in [5.74, 6) is 0.00652. The maximum absolute atomic E-state index is 13.2. The normalized spacial score (nSPS) is 13.1. The van der Waals surface area contributed by atoms with Gasteiger partial charge >= 0.3 is 0 Å². The molecule has 7 heterocycles. The third kappa shape index (κ3) is 16.6. The lowest BCUT2D eigenvalue weighted by Crippen LogP contribution is -2.48. The number of nitrogens with zero attached hydrogens (tertiary/aromatic N) is 5. The maximum atomic E-state index is 13.2. The molecular weight excluding hydrogens is 1200 g/mol. The van der Waals surface area contributed by atoms with Crippen molar-refractivity contribution in [1.82, 2.24) is 33.6 Å². The molecule has 6 aromatic heterocycles. The minimum atomic E-state index is -3.91. The number of nitrogens with one attached hydrogen (secondary N) is 5. The second kappa shape index (κ2) is 27.4. The first-order chi connectivity index (χ1) is 39.9. The molecule has 0 atom stereocenters. The number of anilines is 3. The molecular formula is C55H67FN10O12S6. The van der Waals surface area contributed by atoms with Gasteiger partial charge in [-0.2, -0.15) is 4.31 Å². The van der Waals surface area contributed by atoms with Crippen LogP contribution in [0.15, 0.2) is 150 Å². The molecule has 1 saturated heterocycles. The summed E-state index contributed by atoms with van der Waals surface area (Å²) in [6, 6.07) is 34.0. The molecule has 0 bridgehead atoms. The van der Waals surface area contributed by atoms with Crippen molar-refractivity contribution in [3.63, 3.8) is 0 Å². The van der Waals surface area contributed by atoms with E-state index in [9.17, 15) is 44.0 Å². The van der Waals surface area contributed by atoms with E-state index < -0.39 is 35.9 Å². The number of carbonyl (C=O) groups excluding carboxylic acids is 3. The van der Waals surface area contributed by atoms with Gasteiger partial charge in [0.1, 0.15) is 23.1 Å². The zero-order chi connectivity index (χ0) is 60.3. The van der Waals surface area contributed by atoms with Gasteiger partial charge in [-0.3, -0.25) is 19.3 Å². The quantitative estimate of drug-likeness (QED) is 0.0533. The molecule has 0 spiro atoms. The van der Waals surface area contributed by atoms with Gasteiger partial charge in [0.05, 0.1) is 31.7 Å². The summed E-state index contributed by atoms with van der Waals surface area (Å²) in [6.07, 6.45) is 0. The van der Waals surface area contributed by atoms with E-state index in [1.807, 2.05) is 48.5 Å². The summed E-state index contributed by atoms with van der Waals surface area (Å²) in [5.41, 5.74) is 4.48. The van der Waals surface area contributed by atoms with Crippen molar-refractivity contribution < 1.29 is 64.4 Å². The van der Waals surface area contributed by atoms with Gasteiger partial charge in [-0.25, -0.2) is 54.0 Å². The fourth-order valence-corrected chi connectivity index (χ4v) is 14.2.